The van der Waals surface area contributed by atoms with E-state index in [4.69, 9.17) is 4.74 Å². The molecule has 4 nitrogen and oxygen atoms in total. The van der Waals surface area contributed by atoms with Crippen LogP contribution in [0.3, 0.4) is 0 Å². The molecule has 2 N–H and O–H groups in total. The third-order valence-electron chi connectivity index (χ3n) is 2.43. The molecule has 0 aliphatic rings. The van der Waals surface area contributed by atoms with Crippen LogP contribution in [0.4, 0.5) is 10.5 Å². The van der Waals surface area contributed by atoms with Crippen LogP contribution >= 0.6 is 0 Å². The molecule has 19 heavy (non-hydrogen) atoms. The van der Waals surface area contributed by atoms with Gasteiger partial charge < -0.3 is 15.4 Å². The highest BCUT2D eigenvalue weighted by Gasteiger charge is 2.03. The Kier molecular flexibility index (Phi) is 6.19. The minimum absolute atomic E-state index is 0.298. The van der Waals surface area contributed by atoms with E-state index in [1.165, 1.54) is 0 Å². The Morgan fingerprint density at radius 1 is 1.16 bits per heavy atom. The van der Waals surface area contributed by atoms with Crippen molar-refractivity contribution in [3.8, 4) is 0 Å². The fourth-order valence-corrected chi connectivity index (χ4v) is 1.52. The molecule has 0 heterocycles. The first-order valence-corrected chi connectivity index (χ1v) is 6.73. The largest absolute Gasteiger partial charge is 0.445 e. The lowest BCUT2D eigenvalue weighted by Crippen LogP contribution is -2.27. The third kappa shape index (κ3) is 6.70. The summed E-state index contributed by atoms with van der Waals surface area (Å²) in [6.07, 6.45) is -0.363. The van der Waals surface area contributed by atoms with E-state index >= 15 is 0 Å². The van der Waals surface area contributed by atoms with Gasteiger partial charge in [-0.15, -0.1) is 0 Å². The molecule has 4 heteroatoms. The van der Waals surface area contributed by atoms with Gasteiger partial charge in [-0.25, -0.2) is 4.79 Å². The number of hydrogen-bond donors (Lipinski definition) is 2. The van der Waals surface area contributed by atoms with E-state index in [9.17, 15) is 4.79 Å². The Hall–Kier alpha value is -1.71. The quantitative estimate of drug-likeness (QED) is 0.828. The van der Waals surface area contributed by atoms with E-state index in [0.29, 0.717) is 25.1 Å². The van der Waals surface area contributed by atoms with Gasteiger partial charge in [0.2, 0.25) is 0 Å². The highest BCUT2D eigenvalue weighted by atomic mass is 16.5. The van der Waals surface area contributed by atoms with Crippen LogP contribution in [0.15, 0.2) is 24.3 Å². The van der Waals surface area contributed by atoms with Gasteiger partial charge in [-0.2, -0.15) is 0 Å². The topological polar surface area (TPSA) is 50.4 Å². The van der Waals surface area contributed by atoms with Crippen molar-refractivity contribution in [1.82, 2.24) is 5.32 Å². The van der Waals surface area contributed by atoms with E-state index < -0.39 is 0 Å². The zero-order chi connectivity index (χ0) is 14.3. The van der Waals surface area contributed by atoms with Crippen molar-refractivity contribution >= 4 is 11.8 Å². The number of carbonyl (C=O) groups is 1. The van der Waals surface area contributed by atoms with Crippen molar-refractivity contribution < 1.29 is 9.53 Å². The normalized spacial score (nSPS) is 10.6. The van der Waals surface area contributed by atoms with Crippen LogP contribution in [0.2, 0.25) is 0 Å². The second-order valence-corrected chi connectivity index (χ2v) is 5.35. The van der Waals surface area contributed by atoms with Gasteiger partial charge in [0.25, 0.3) is 0 Å². The van der Waals surface area contributed by atoms with Crippen molar-refractivity contribution in [2.75, 3.05) is 11.9 Å². The molecule has 0 bridgehead atoms. The van der Waals surface area contributed by atoms with Gasteiger partial charge in [0.15, 0.2) is 0 Å². The first-order valence-electron chi connectivity index (χ1n) is 6.73. The van der Waals surface area contributed by atoms with Gasteiger partial charge in [-0.1, -0.05) is 26.0 Å². The maximum Gasteiger partial charge on any atom is 0.407 e. The third-order valence-corrected chi connectivity index (χ3v) is 2.43. The molecular weight excluding hydrogens is 240 g/mol. The summed E-state index contributed by atoms with van der Waals surface area (Å²) in [5.41, 5.74) is 2.05. The number of benzene rings is 1. The van der Waals surface area contributed by atoms with Crippen LogP contribution in [0.25, 0.3) is 0 Å². The first-order chi connectivity index (χ1) is 8.97. The molecule has 0 saturated carbocycles. The van der Waals surface area contributed by atoms with Crippen molar-refractivity contribution in [3.05, 3.63) is 29.8 Å². The molecule has 0 aromatic heterocycles. The minimum Gasteiger partial charge on any atom is -0.445 e. The molecule has 1 aromatic carbocycles. The molecule has 1 rings (SSSR count). The standard InChI is InChI=1S/C15H24N2O2/c1-11(2)9-16-15(18)19-10-13-5-7-14(8-6-13)17-12(3)4/h5-8,11-12,17H,9-10H2,1-4H3,(H,16,18). The molecule has 0 unspecified atom stereocenters. The Labute approximate surface area is 115 Å². The van der Waals surface area contributed by atoms with Crippen LogP contribution in [0.1, 0.15) is 33.3 Å². The van der Waals surface area contributed by atoms with Crippen LogP contribution in [-0.4, -0.2) is 18.7 Å². The summed E-state index contributed by atoms with van der Waals surface area (Å²) in [6, 6.07) is 8.31. The van der Waals surface area contributed by atoms with Crippen LogP contribution in [-0.2, 0) is 11.3 Å². The highest BCUT2D eigenvalue weighted by Crippen LogP contribution is 2.11. The van der Waals surface area contributed by atoms with Crippen molar-refractivity contribution in [3.63, 3.8) is 0 Å². The van der Waals surface area contributed by atoms with E-state index in [2.05, 4.69) is 24.5 Å². The van der Waals surface area contributed by atoms with Gasteiger partial charge in [-0.05, 0) is 37.5 Å². The molecule has 106 valence electrons. The summed E-state index contributed by atoms with van der Waals surface area (Å²) >= 11 is 0. The van der Waals surface area contributed by atoms with Gasteiger partial charge >= 0.3 is 6.09 Å². The number of rotatable bonds is 6. The number of alkyl carbamates (subject to hydrolysis) is 1. The lowest BCUT2D eigenvalue weighted by atomic mass is 10.2. The monoisotopic (exact) mass is 264 g/mol. The van der Waals surface area contributed by atoms with Gasteiger partial charge in [0, 0.05) is 18.3 Å². The average molecular weight is 264 g/mol. The van der Waals surface area contributed by atoms with Gasteiger partial charge in [0.1, 0.15) is 6.61 Å². The molecule has 1 aromatic rings. The van der Waals surface area contributed by atoms with Gasteiger partial charge in [-0.3, -0.25) is 0 Å². The van der Waals surface area contributed by atoms with Crippen LogP contribution < -0.4 is 10.6 Å². The van der Waals surface area contributed by atoms with Crippen molar-refractivity contribution in [2.45, 2.75) is 40.3 Å². The Balaban J connectivity index is 2.35. The number of nitrogens with one attached hydrogen (secondary N) is 2. The molecular formula is C15H24N2O2. The zero-order valence-corrected chi connectivity index (χ0v) is 12.2. The number of amides is 1. The fourth-order valence-electron chi connectivity index (χ4n) is 1.52. The molecule has 0 spiro atoms. The van der Waals surface area contributed by atoms with Crippen LogP contribution in [0, 0.1) is 5.92 Å². The van der Waals surface area contributed by atoms with E-state index in [-0.39, 0.29) is 6.09 Å². The average Bonchev–Trinajstić information content (AvgIpc) is 2.35. The van der Waals surface area contributed by atoms with Crippen LogP contribution in [0.5, 0.6) is 0 Å². The summed E-state index contributed by atoms with van der Waals surface area (Å²) in [7, 11) is 0. The summed E-state index contributed by atoms with van der Waals surface area (Å²) in [5.74, 6) is 0.425. The predicted molar refractivity (Wildman–Crippen MR) is 78.2 cm³/mol. The Morgan fingerprint density at radius 3 is 2.32 bits per heavy atom. The second kappa shape index (κ2) is 7.67. The highest BCUT2D eigenvalue weighted by molar-refractivity contribution is 5.67. The zero-order valence-electron chi connectivity index (χ0n) is 12.2. The summed E-state index contributed by atoms with van der Waals surface area (Å²) in [5, 5.41) is 6.03. The SMILES string of the molecule is CC(C)CNC(=O)OCc1ccc(NC(C)C)cc1. The van der Waals surface area contributed by atoms with Crippen molar-refractivity contribution in [1.29, 1.82) is 0 Å². The second-order valence-electron chi connectivity index (χ2n) is 5.35. The maximum absolute atomic E-state index is 11.4. The molecule has 0 radical (unpaired) electrons. The lowest BCUT2D eigenvalue weighted by molar-refractivity contribution is 0.138. The van der Waals surface area contributed by atoms with E-state index in [0.717, 1.165) is 11.3 Å². The molecule has 0 saturated heterocycles. The number of anilines is 1. The summed E-state index contributed by atoms with van der Waals surface area (Å²) in [4.78, 5) is 11.4. The Morgan fingerprint density at radius 2 is 1.79 bits per heavy atom. The Bertz CT molecular complexity index is 386. The lowest BCUT2D eigenvalue weighted by Gasteiger charge is -2.11. The van der Waals surface area contributed by atoms with Gasteiger partial charge in [0.05, 0.1) is 0 Å². The fraction of sp³-hybridized carbons (Fsp3) is 0.533. The molecule has 0 aliphatic heterocycles. The van der Waals surface area contributed by atoms with E-state index in [1.807, 2.05) is 38.1 Å². The smallest absolute Gasteiger partial charge is 0.407 e. The maximum atomic E-state index is 11.4. The molecule has 0 fully saturated rings. The summed E-state index contributed by atoms with van der Waals surface area (Å²) in [6.45, 7) is 9.20. The minimum atomic E-state index is -0.363. The first kappa shape index (κ1) is 15.3. The predicted octanol–water partition coefficient (Wildman–Crippen LogP) is 3.39. The number of ether oxygens (including phenoxy) is 1. The number of hydrogen-bond acceptors (Lipinski definition) is 3. The molecule has 0 atom stereocenters. The molecule has 1 amide bonds. The van der Waals surface area contributed by atoms with E-state index in [1.54, 1.807) is 0 Å². The number of carbonyl (C=O) groups excluding carboxylic acids is 1. The van der Waals surface area contributed by atoms with Crippen molar-refractivity contribution in [2.24, 2.45) is 5.92 Å². The molecule has 0 aliphatic carbocycles. The summed E-state index contributed by atoms with van der Waals surface area (Å²) < 4.78 is 5.13.